The Hall–Kier alpha value is -2.17. The number of carbonyl (C=O) groups excluding carboxylic acids is 3. The number of ketones is 1. The Bertz CT molecular complexity index is 527. The molecule has 1 atom stereocenters. The molecule has 2 rings (SSSR count). The first-order valence-electron chi connectivity index (χ1n) is 6.20. The summed E-state index contributed by atoms with van der Waals surface area (Å²) in [6.07, 6.45) is 0.440. The maximum atomic E-state index is 12.5. The van der Waals surface area contributed by atoms with Crippen molar-refractivity contribution in [2.45, 2.75) is 25.8 Å². The lowest BCUT2D eigenvalue weighted by molar-refractivity contribution is -0.134. The van der Waals surface area contributed by atoms with Crippen molar-refractivity contribution in [1.29, 1.82) is 0 Å². The van der Waals surface area contributed by atoms with Crippen LogP contribution in [0.3, 0.4) is 0 Å². The lowest BCUT2D eigenvalue weighted by Crippen LogP contribution is -2.43. The van der Waals surface area contributed by atoms with E-state index in [2.05, 4.69) is 5.32 Å². The summed E-state index contributed by atoms with van der Waals surface area (Å²) in [4.78, 5) is 36.5. The third-order valence-corrected chi connectivity index (χ3v) is 3.35. The smallest absolute Gasteiger partial charge is 0.319 e. The Kier molecular flexibility index (Phi) is 3.38. The van der Waals surface area contributed by atoms with E-state index in [0.717, 1.165) is 10.5 Å². The predicted molar refractivity (Wildman–Crippen MR) is 69.3 cm³/mol. The van der Waals surface area contributed by atoms with Crippen LogP contribution in [0.4, 0.5) is 4.79 Å². The van der Waals surface area contributed by atoms with Crippen molar-refractivity contribution < 1.29 is 14.4 Å². The predicted octanol–water partition coefficient (Wildman–Crippen LogP) is 1.43. The summed E-state index contributed by atoms with van der Waals surface area (Å²) < 4.78 is 0. The number of benzene rings is 1. The number of rotatable bonds is 4. The summed E-state index contributed by atoms with van der Waals surface area (Å²) >= 11 is 0. The van der Waals surface area contributed by atoms with E-state index in [9.17, 15) is 14.4 Å². The van der Waals surface area contributed by atoms with Crippen molar-refractivity contribution >= 4 is 17.7 Å². The van der Waals surface area contributed by atoms with Gasteiger partial charge in [-0.2, -0.15) is 0 Å². The molecule has 1 aromatic rings. The Labute approximate surface area is 111 Å². The van der Waals surface area contributed by atoms with Crippen LogP contribution in [0.2, 0.25) is 0 Å². The van der Waals surface area contributed by atoms with Crippen LogP contribution >= 0.6 is 0 Å². The minimum atomic E-state index is -1.05. The second-order valence-corrected chi connectivity index (χ2v) is 4.65. The van der Waals surface area contributed by atoms with Gasteiger partial charge in [0.15, 0.2) is 0 Å². The zero-order chi connectivity index (χ0) is 14.0. The van der Waals surface area contributed by atoms with Gasteiger partial charge in [0.25, 0.3) is 5.91 Å². The summed E-state index contributed by atoms with van der Waals surface area (Å²) in [5, 5.41) is 2.72. The van der Waals surface area contributed by atoms with E-state index < -0.39 is 11.6 Å². The zero-order valence-electron chi connectivity index (χ0n) is 11.0. The standard InChI is InChI=1S/C14H16N2O3/c1-3-14(11-7-5-4-6-8-11)12(18)16(9-10(2)17)13(19)15-14/h4-8H,3,9H2,1-2H3,(H,15,19). The molecule has 1 aromatic carbocycles. The number of imide groups is 1. The van der Waals surface area contributed by atoms with Crippen LogP contribution in [0.1, 0.15) is 25.8 Å². The first kappa shape index (κ1) is 13.3. The Morgan fingerprint density at radius 1 is 1.26 bits per heavy atom. The molecule has 0 bridgehead atoms. The third kappa shape index (κ3) is 2.12. The van der Waals surface area contributed by atoms with Crippen LogP contribution in [-0.2, 0) is 15.1 Å². The summed E-state index contributed by atoms with van der Waals surface area (Å²) in [5.74, 6) is -0.579. The molecule has 0 aliphatic carbocycles. The second kappa shape index (κ2) is 4.84. The minimum Gasteiger partial charge on any atom is -0.319 e. The van der Waals surface area contributed by atoms with Gasteiger partial charge in [0.05, 0.1) is 6.54 Å². The van der Waals surface area contributed by atoms with E-state index in [4.69, 9.17) is 0 Å². The Morgan fingerprint density at radius 3 is 2.42 bits per heavy atom. The van der Waals surface area contributed by atoms with Crippen molar-refractivity contribution in [2.75, 3.05) is 6.54 Å². The average Bonchev–Trinajstić information content (AvgIpc) is 2.64. The second-order valence-electron chi connectivity index (χ2n) is 4.65. The summed E-state index contributed by atoms with van der Waals surface area (Å²) in [6, 6.07) is 8.59. The molecule has 1 aliphatic heterocycles. The highest BCUT2D eigenvalue weighted by Gasteiger charge is 2.51. The van der Waals surface area contributed by atoms with Crippen molar-refractivity contribution in [2.24, 2.45) is 0 Å². The first-order chi connectivity index (χ1) is 9.01. The van der Waals surface area contributed by atoms with Gasteiger partial charge in [-0.3, -0.25) is 14.5 Å². The van der Waals surface area contributed by atoms with E-state index in [1.165, 1.54) is 6.92 Å². The molecule has 0 radical (unpaired) electrons. The molecule has 1 heterocycles. The van der Waals surface area contributed by atoms with Crippen molar-refractivity contribution in [3.05, 3.63) is 35.9 Å². The molecule has 1 fully saturated rings. The van der Waals surface area contributed by atoms with Crippen LogP contribution in [0, 0.1) is 0 Å². The van der Waals surface area contributed by atoms with Gasteiger partial charge in [0.2, 0.25) is 0 Å². The van der Waals surface area contributed by atoms with Crippen molar-refractivity contribution in [1.82, 2.24) is 10.2 Å². The number of hydrogen-bond acceptors (Lipinski definition) is 3. The lowest BCUT2D eigenvalue weighted by atomic mass is 9.87. The molecule has 3 amide bonds. The fraction of sp³-hybridized carbons (Fsp3) is 0.357. The van der Waals surface area contributed by atoms with Gasteiger partial charge in [-0.05, 0) is 18.9 Å². The van der Waals surface area contributed by atoms with E-state index in [1.807, 2.05) is 25.1 Å². The third-order valence-electron chi connectivity index (χ3n) is 3.35. The Balaban J connectivity index is 2.41. The highest BCUT2D eigenvalue weighted by atomic mass is 16.2. The fourth-order valence-corrected chi connectivity index (χ4v) is 2.35. The highest BCUT2D eigenvalue weighted by molar-refractivity contribution is 6.09. The van der Waals surface area contributed by atoms with Crippen molar-refractivity contribution in [3.63, 3.8) is 0 Å². The van der Waals surface area contributed by atoms with Crippen LogP contribution in [0.25, 0.3) is 0 Å². The van der Waals surface area contributed by atoms with Gasteiger partial charge in [-0.15, -0.1) is 0 Å². The van der Waals surface area contributed by atoms with E-state index in [0.29, 0.717) is 6.42 Å². The van der Waals surface area contributed by atoms with E-state index in [-0.39, 0.29) is 18.2 Å². The number of amides is 3. The maximum absolute atomic E-state index is 12.5. The van der Waals surface area contributed by atoms with Gasteiger partial charge in [-0.1, -0.05) is 37.3 Å². The minimum absolute atomic E-state index is 0.181. The average molecular weight is 260 g/mol. The topological polar surface area (TPSA) is 66.5 Å². The molecule has 0 aromatic heterocycles. The number of nitrogens with zero attached hydrogens (tertiary/aromatic N) is 1. The number of carbonyl (C=O) groups is 3. The van der Waals surface area contributed by atoms with Crippen LogP contribution in [-0.4, -0.2) is 29.2 Å². The number of Topliss-reactive ketones (excluding diaryl/α,β-unsaturated/α-hetero) is 1. The van der Waals surface area contributed by atoms with Gasteiger partial charge < -0.3 is 5.32 Å². The van der Waals surface area contributed by atoms with Gasteiger partial charge in [-0.25, -0.2) is 4.79 Å². The number of urea groups is 1. The molecule has 1 aliphatic rings. The van der Waals surface area contributed by atoms with Crippen LogP contribution in [0.15, 0.2) is 30.3 Å². The quantitative estimate of drug-likeness (QED) is 0.833. The Morgan fingerprint density at radius 2 is 1.89 bits per heavy atom. The van der Waals surface area contributed by atoms with Gasteiger partial charge >= 0.3 is 6.03 Å². The molecule has 0 spiro atoms. The van der Waals surface area contributed by atoms with Crippen LogP contribution in [0.5, 0.6) is 0 Å². The first-order valence-corrected chi connectivity index (χ1v) is 6.20. The van der Waals surface area contributed by atoms with Crippen LogP contribution < -0.4 is 5.32 Å². The molecule has 5 heteroatoms. The maximum Gasteiger partial charge on any atom is 0.325 e. The fourth-order valence-electron chi connectivity index (χ4n) is 2.35. The van der Waals surface area contributed by atoms with Gasteiger partial charge in [0.1, 0.15) is 11.3 Å². The SMILES string of the molecule is CCC1(c2ccccc2)NC(=O)N(CC(C)=O)C1=O. The molecule has 1 unspecified atom stereocenters. The number of hydrogen-bond donors (Lipinski definition) is 1. The van der Waals surface area contributed by atoms with E-state index >= 15 is 0 Å². The largest absolute Gasteiger partial charge is 0.325 e. The van der Waals surface area contributed by atoms with Gasteiger partial charge in [0, 0.05) is 0 Å². The van der Waals surface area contributed by atoms with Crippen molar-refractivity contribution in [3.8, 4) is 0 Å². The zero-order valence-corrected chi connectivity index (χ0v) is 11.0. The monoisotopic (exact) mass is 260 g/mol. The molecular weight excluding hydrogens is 244 g/mol. The molecule has 1 N–H and O–H groups in total. The lowest BCUT2D eigenvalue weighted by Gasteiger charge is -2.25. The van der Waals surface area contributed by atoms with E-state index in [1.54, 1.807) is 12.1 Å². The molecular formula is C14H16N2O3. The summed E-state index contributed by atoms with van der Waals surface area (Å²) in [5.41, 5.74) is -0.310. The normalized spacial score (nSPS) is 22.5. The highest BCUT2D eigenvalue weighted by Crippen LogP contribution is 2.32. The summed E-state index contributed by atoms with van der Waals surface area (Å²) in [7, 11) is 0. The molecule has 100 valence electrons. The molecule has 19 heavy (non-hydrogen) atoms. The number of nitrogens with one attached hydrogen (secondary N) is 1. The summed E-state index contributed by atoms with van der Waals surface area (Å²) in [6.45, 7) is 3.01. The molecule has 1 saturated heterocycles. The molecule has 5 nitrogen and oxygen atoms in total. The molecule has 0 saturated carbocycles.